The molecule has 4 aromatic rings. The van der Waals surface area contributed by atoms with E-state index in [2.05, 4.69) is 46.5 Å². The zero-order valence-electron chi connectivity index (χ0n) is 17.6. The number of aryl methyl sites for hydroxylation is 1. The van der Waals surface area contributed by atoms with Gasteiger partial charge in [-0.05, 0) is 36.8 Å². The zero-order chi connectivity index (χ0) is 22.3. The molecule has 32 heavy (non-hydrogen) atoms. The molecule has 2 heterocycles. The fourth-order valence-electron chi connectivity index (χ4n) is 3.12. The number of aromatic nitrogens is 2. The van der Waals surface area contributed by atoms with Crippen molar-refractivity contribution in [2.75, 3.05) is 5.32 Å². The fraction of sp³-hybridized carbons (Fsp3) is 0.120. The Kier molecular flexibility index (Phi) is 6.67. The largest absolute Gasteiger partial charge is 0.328 e. The molecule has 0 unspecified atom stereocenters. The number of amides is 2. The second-order valence-corrected chi connectivity index (χ2v) is 8.18. The Bertz CT molecular complexity index is 1290. The third-order valence-corrected chi connectivity index (χ3v) is 5.58. The van der Waals surface area contributed by atoms with Gasteiger partial charge in [-0.15, -0.1) is 11.3 Å². The molecule has 0 bridgehead atoms. The molecule has 0 aliphatic heterocycles. The summed E-state index contributed by atoms with van der Waals surface area (Å²) in [6.07, 6.45) is 1.98. The van der Waals surface area contributed by atoms with Crippen LogP contribution < -0.4 is 10.8 Å². The maximum absolute atomic E-state index is 12.6. The Balaban J connectivity index is 1.44. The van der Waals surface area contributed by atoms with E-state index in [1.54, 1.807) is 29.6 Å². The Labute approximate surface area is 189 Å². The Morgan fingerprint density at radius 3 is 2.53 bits per heavy atom. The van der Waals surface area contributed by atoms with Crippen LogP contribution in [0.2, 0.25) is 0 Å². The normalized spacial score (nSPS) is 11.3. The summed E-state index contributed by atoms with van der Waals surface area (Å²) in [5, 5.41) is 4.98. The van der Waals surface area contributed by atoms with E-state index in [1.165, 1.54) is 16.9 Å². The molecule has 4 rings (SSSR count). The highest BCUT2D eigenvalue weighted by molar-refractivity contribution is 7.14. The molecular weight excluding hydrogens is 420 g/mol. The van der Waals surface area contributed by atoms with Crippen LogP contribution in [0, 0.1) is 6.92 Å². The lowest BCUT2D eigenvalue weighted by Crippen LogP contribution is -2.22. The van der Waals surface area contributed by atoms with Crippen LogP contribution in [-0.2, 0) is 17.8 Å². The molecule has 0 saturated carbocycles. The number of anilines is 1. The SMILES string of the molecule is Cc1ccc(Cn2ccccc2=NC(=O)Cc2csc(NC(=O)c3ccccc3)n2)cc1. The number of nitrogens with zero attached hydrogens (tertiary/aromatic N) is 3. The number of hydrogen-bond donors (Lipinski definition) is 1. The lowest BCUT2D eigenvalue weighted by atomic mass is 10.1. The minimum atomic E-state index is -0.292. The van der Waals surface area contributed by atoms with E-state index in [0.717, 1.165) is 5.56 Å². The van der Waals surface area contributed by atoms with E-state index in [1.807, 2.05) is 35.0 Å². The van der Waals surface area contributed by atoms with Gasteiger partial charge in [-0.25, -0.2) is 4.98 Å². The van der Waals surface area contributed by atoms with Crippen molar-refractivity contribution in [2.45, 2.75) is 19.9 Å². The average Bonchev–Trinajstić information content (AvgIpc) is 3.23. The highest BCUT2D eigenvalue weighted by Gasteiger charge is 2.11. The van der Waals surface area contributed by atoms with Gasteiger partial charge in [-0.1, -0.05) is 54.1 Å². The molecular formula is C25H22N4O2S. The van der Waals surface area contributed by atoms with E-state index in [-0.39, 0.29) is 18.2 Å². The number of carbonyl (C=O) groups excluding carboxylic acids is 2. The lowest BCUT2D eigenvalue weighted by Gasteiger charge is -2.07. The first kappa shape index (κ1) is 21.4. The predicted molar refractivity (Wildman–Crippen MR) is 125 cm³/mol. The summed E-state index contributed by atoms with van der Waals surface area (Å²) in [7, 11) is 0. The van der Waals surface area contributed by atoms with Crippen LogP contribution in [-0.4, -0.2) is 21.4 Å². The fourth-order valence-corrected chi connectivity index (χ4v) is 3.82. The van der Waals surface area contributed by atoms with E-state index < -0.39 is 0 Å². The third kappa shape index (κ3) is 5.65. The topological polar surface area (TPSA) is 76.3 Å². The molecule has 1 N–H and O–H groups in total. The van der Waals surface area contributed by atoms with Crippen LogP contribution in [0.1, 0.15) is 27.2 Å². The van der Waals surface area contributed by atoms with Gasteiger partial charge in [-0.2, -0.15) is 4.99 Å². The number of thiazole rings is 1. The predicted octanol–water partition coefficient (Wildman–Crippen LogP) is 4.22. The molecule has 0 saturated heterocycles. The maximum Gasteiger partial charge on any atom is 0.257 e. The van der Waals surface area contributed by atoms with Crippen molar-refractivity contribution in [3.63, 3.8) is 0 Å². The average molecular weight is 443 g/mol. The van der Waals surface area contributed by atoms with Gasteiger partial charge in [0.1, 0.15) is 5.49 Å². The van der Waals surface area contributed by atoms with Gasteiger partial charge in [0.05, 0.1) is 12.1 Å². The summed E-state index contributed by atoms with van der Waals surface area (Å²) < 4.78 is 1.94. The minimum Gasteiger partial charge on any atom is -0.328 e. The number of pyridine rings is 1. The van der Waals surface area contributed by atoms with Gasteiger partial charge in [-0.3, -0.25) is 14.9 Å². The Hall–Kier alpha value is -3.84. The van der Waals surface area contributed by atoms with Crippen LogP contribution in [0.4, 0.5) is 5.13 Å². The molecule has 0 fully saturated rings. The van der Waals surface area contributed by atoms with E-state index in [4.69, 9.17) is 0 Å². The lowest BCUT2D eigenvalue weighted by molar-refractivity contribution is -0.117. The second-order valence-electron chi connectivity index (χ2n) is 7.32. The number of rotatable bonds is 6. The summed E-state index contributed by atoms with van der Waals surface area (Å²) in [6.45, 7) is 2.68. The van der Waals surface area contributed by atoms with Crippen molar-refractivity contribution >= 4 is 28.3 Å². The van der Waals surface area contributed by atoms with Crippen molar-refractivity contribution in [1.82, 2.24) is 9.55 Å². The summed E-state index contributed by atoms with van der Waals surface area (Å²) in [5.74, 6) is -0.524. The molecule has 7 heteroatoms. The van der Waals surface area contributed by atoms with Gasteiger partial charge in [0.2, 0.25) is 0 Å². The van der Waals surface area contributed by atoms with Crippen molar-refractivity contribution in [2.24, 2.45) is 4.99 Å². The molecule has 2 aromatic heterocycles. The van der Waals surface area contributed by atoms with Gasteiger partial charge < -0.3 is 4.57 Å². The van der Waals surface area contributed by atoms with Crippen LogP contribution in [0.15, 0.2) is 89.4 Å². The first-order chi connectivity index (χ1) is 15.6. The van der Waals surface area contributed by atoms with E-state index in [9.17, 15) is 9.59 Å². The first-order valence-electron chi connectivity index (χ1n) is 10.2. The zero-order valence-corrected chi connectivity index (χ0v) is 18.4. The minimum absolute atomic E-state index is 0.0666. The molecule has 0 aliphatic rings. The second kappa shape index (κ2) is 9.98. The molecule has 0 spiro atoms. The highest BCUT2D eigenvalue weighted by Crippen LogP contribution is 2.17. The molecule has 0 aliphatic carbocycles. The quantitative estimate of drug-likeness (QED) is 0.486. The molecule has 0 atom stereocenters. The standard InChI is InChI=1S/C25H22N4O2S/c1-18-10-12-19(13-11-18)16-29-14-6-5-9-22(29)27-23(30)15-21-17-32-25(26-21)28-24(31)20-7-3-2-4-8-20/h2-14,17H,15-16H2,1H3,(H,26,28,31). The summed E-state index contributed by atoms with van der Waals surface area (Å²) in [6, 6.07) is 22.8. The van der Waals surface area contributed by atoms with Crippen molar-refractivity contribution in [3.8, 4) is 0 Å². The number of carbonyl (C=O) groups is 2. The molecule has 0 radical (unpaired) electrons. The molecule has 2 amide bonds. The van der Waals surface area contributed by atoms with E-state index >= 15 is 0 Å². The molecule has 160 valence electrons. The Morgan fingerprint density at radius 2 is 1.75 bits per heavy atom. The van der Waals surface area contributed by atoms with Crippen LogP contribution in [0.25, 0.3) is 0 Å². The first-order valence-corrected chi connectivity index (χ1v) is 11.0. The summed E-state index contributed by atoms with van der Waals surface area (Å²) in [4.78, 5) is 33.5. The van der Waals surface area contributed by atoms with Crippen molar-refractivity contribution in [3.05, 3.63) is 112 Å². The monoisotopic (exact) mass is 442 g/mol. The van der Waals surface area contributed by atoms with Gasteiger partial charge in [0.25, 0.3) is 11.8 Å². The smallest absolute Gasteiger partial charge is 0.257 e. The Morgan fingerprint density at radius 1 is 1.00 bits per heavy atom. The van der Waals surface area contributed by atoms with Crippen molar-refractivity contribution in [1.29, 1.82) is 0 Å². The van der Waals surface area contributed by atoms with Gasteiger partial charge >= 0.3 is 0 Å². The highest BCUT2D eigenvalue weighted by atomic mass is 32.1. The maximum atomic E-state index is 12.6. The number of hydrogen-bond acceptors (Lipinski definition) is 4. The number of nitrogens with one attached hydrogen (secondary N) is 1. The number of benzene rings is 2. The summed E-state index contributed by atoms with van der Waals surface area (Å²) in [5.41, 5.74) is 4.06. The third-order valence-electron chi connectivity index (χ3n) is 4.77. The van der Waals surface area contributed by atoms with Crippen molar-refractivity contribution < 1.29 is 9.59 Å². The van der Waals surface area contributed by atoms with Crippen LogP contribution in [0.5, 0.6) is 0 Å². The summed E-state index contributed by atoms with van der Waals surface area (Å²) >= 11 is 1.28. The van der Waals surface area contributed by atoms with E-state index in [0.29, 0.717) is 28.4 Å². The van der Waals surface area contributed by atoms with Crippen LogP contribution >= 0.6 is 11.3 Å². The van der Waals surface area contributed by atoms with Crippen LogP contribution in [0.3, 0.4) is 0 Å². The molecule has 2 aromatic carbocycles. The molecule has 6 nitrogen and oxygen atoms in total. The van der Waals surface area contributed by atoms with Gasteiger partial charge in [0, 0.05) is 23.7 Å². The van der Waals surface area contributed by atoms with Gasteiger partial charge in [0.15, 0.2) is 5.13 Å².